The summed E-state index contributed by atoms with van der Waals surface area (Å²) in [6.07, 6.45) is -8.90. The van der Waals surface area contributed by atoms with E-state index in [1.165, 1.54) is 19.2 Å². The van der Waals surface area contributed by atoms with Gasteiger partial charge in [-0.15, -0.1) is 0 Å². The third-order valence-electron chi connectivity index (χ3n) is 6.53. The van der Waals surface area contributed by atoms with Crippen LogP contribution < -0.4 is 0 Å². The van der Waals surface area contributed by atoms with Crippen LogP contribution in [0.4, 0.5) is 26.3 Å². The summed E-state index contributed by atoms with van der Waals surface area (Å²) in [6, 6.07) is 3.65. The molecule has 0 amide bonds. The van der Waals surface area contributed by atoms with Crippen molar-refractivity contribution in [3.05, 3.63) is 47.5 Å². The van der Waals surface area contributed by atoms with Crippen LogP contribution in [0.3, 0.4) is 0 Å². The van der Waals surface area contributed by atoms with E-state index in [1.54, 1.807) is 0 Å². The zero-order valence-electron chi connectivity index (χ0n) is 20.0. The highest BCUT2D eigenvalue weighted by Gasteiger charge is 2.40. The fourth-order valence-electron chi connectivity index (χ4n) is 4.50. The maximum Gasteiger partial charge on any atom is 0.416 e. The number of carbonyl (C=O) groups is 1. The first-order valence-corrected chi connectivity index (χ1v) is 11.3. The SMILES string of the molecule is C=C(C(CCC(F)(F)F)N1CCC(CC(=O)OC)CC1c1ccc(C(F)(F)F)cc1)C(C)(C)C. The molecule has 0 N–H and O–H groups in total. The Morgan fingerprint density at radius 3 is 2.18 bits per heavy atom. The van der Waals surface area contributed by atoms with E-state index in [1.807, 2.05) is 25.7 Å². The van der Waals surface area contributed by atoms with Crippen LogP contribution in [0.5, 0.6) is 0 Å². The Labute approximate surface area is 197 Å². The molecule has 9 heteroatoms. The minimum atomic E-state index is -4.49. The topological polar surface area (TPSA) is 29.5 Å². The monoisotopic (exact) mass is 493 g/mol. The molecule has 1 fully saturated rings. The van der Waals surface area contributed by atoms with Crippen molar-refractivity contribution in [1.29, 1.82) is 0 Å². The van der Waals surface area contributed by atoms with Crippen LogP contribution in [0, 0.1) is 11.3 Å². The van der Waals surface area contributed by atoms with Gasteiger partial charge in [0.25, 0.3) is 0 Å². The number of alkyl halides is 6. The van der Waals surface area contributed by atoms with Crippen molar-refractivity contribution in [2.24, 2.45) is 11.3 Å². The summed E-state index contributed by atoms with van der Waals surface area (Å²) < 4.78 is 83.5. The highest BCUT2D eigenvalue weighted by Crippen LogP contribution is 2.43. The van der Waals surface area contributed by atoms with Gasteiger partial charge in [0.1, 0.15) is 0 Å². The van der Waals surface area contributed by atoms with Crippen LogP contribution in [0.1, 0.15) is 70.0 Å². The summed E-state index contributed by atoms with van der Waals surface area (Å²) in [6.45, 7) is 10.2. The Balaban J connectivity index is 2.44. The number of methoxy groups -OCH3 is 1. The summed E-state index contributed by atoms with van der Waals surface area (Å²) >= 11 is 0. The van der Waals surface area contributed by atoms with E-state index in [2.05, 4.69) is 6.58 Å². The first-order valence-electron chi connectivity index (χ1n) is 11.3. The maximum absolute atomic E-state index is 13.2. The van der Waals surface area contributed by atoms with Gasteiger partial charge in [-0.3, -0.25) is 9.69 Å². The molecule has 0 bridgehead atoms. The maximum atomic E-state index is 13.2. The Morgan fingerprint density at radius 2 is 1.71 bits per heavy atom. The van der Waals surface area contributed by atoms with Crippen molar-refractivity contribution < 1.29 is 35.9 Å². The lowest BCUT2D eigenvalue weighted by Crippen LogP contribution is -2.47. The molecule has 34 heavy (non-hydrogen) atoms. The van der Waals surface area contributed by atoms with E-state index >= 15 is 0 Å². The van der Waals surface area contributed by atoms with Gasteiger partial charge in [0.2, 0.25) is 0 Å². The molecule has 1 aromatic carbocycles. The Morgan fingerprint density at radius 1 is 1.12 bits per heavy atom. The second-order valence-electron chi connectivity index (χ2n) is 9.99. The first-order chi connectivity index (χ1) is 15.5. The average molecular weight is 494 g/mol. The van der Waals surface area contributed by atoms with Crippen molar-refractivity contribution in [3.63, 3.8) is 0 Å². The fourth-order valence-corrected chi connectivity index (χ4v) is 4.50. The number of halogens is 6. The van der Waals surface area contributed by atoms with Crippen LogP contribution in [0.15, 0.2) is 36.4 Å². The third-order valence-corrected chi connectivity index (χ3v) is 6.53. The van der Waals surface area contributed by atoms with Crippen LogP contribution >= 0.6 is 0 Å². The lowest BCUT2D eigenvalue weighted by molar-refractivity contribution is -0.143. The molecule has 0 aromatic heterocycles. The molecule has 1 saturated heterocycles. The number of hydrogen-bond acceptors (Lipinski definition) is 3. The van der Waals surface area contributed by atoms with E-state index in [-0.39, 0.29) is 18.8 Å². The van der Waals surface area contributed by atoms with Crippen LogP contribution in [0.2, 0.25) is 0 Å². The number of nitrogens with zero attached hydrogens (tertiary/aromatic N) is 1. The lowest BCUT2D eigenvalue weighted by Gasteiger charge is -2.47. The summed E-state index contributed by atoms with van der Waals surface area (Å²) in [7, 11) is 1.28. The molecule has 0 saturated carbocycles. The van der Waals surface area contributed by atoms with Gasteiger partial charge in [-0.1, -0.05) is 45.1 Å². The molecular formula is C25H33F6NO2. The fraction of sp³-hybridized carbons (Fsp3) is 0.640. The molecule has 192 valence electrons. The third kappa shape index (κ3) is 7.75. The minimum absolute atomic E-state index is 0.0952. The van der Waals surface area contributed by atoms with Crippen molar-refractivity contribution in [2.45, 2.75) is 77.3 Å². The van der Waals surface area contributed by atoms with E-state index < -0.39 is 47.8 Å². The molecular weight excluding hydrogens is 460 g/mol. The molecule has 1 aliphatic heterocycles. The number of hydrogen-bond donors (Lipinski definition) is 0. The Bertz CT molecular complexity index is 839. The summed E-state index contributed by atoms with van der Waals surface area (Å²) in [5.74, 6) is -0.487. The van der Waals surface area contributed by atoms with Crippen molar-refractivity contribution >= 4 is 5.97 Å². The van der Waals surface area contributed by atoms with Crippen molar-refractivity contribution in [2.75, 3.05) is 13.7 Å². The van der Waals surface area contributed by atoms with Gasteiger partial charge >= 0.3 is 18.3 Å². The zero-order valence-corrected chi connectivity index (χ0v) is 20.0. The highest BCUT2D eigenvalue weighted by molar-refractivity contribution is 5.69. The predicted octanol–water partition coefficient (Wildman–Crippen LogP) is 7.34. The number of piperidine rings is 1. The molecule has 1 heterocycles. The van der Waals surface area contributed by atoms with E-state index in [4.69, 9.17) is 4.74 Å². The summed E-state index contributed by atoms with van der Waals surface area (Å²) in [5, 5.41) is 0. The number of benzene rings is 1. The van der Waals surface area contributed by atoms with Gasteiger partial charge in [-0.2, -0.15) is 26.3 Å². The number of esters is 1. The minimum Gasteiger partial charge on any atom is -0.469 e. The first kappa shape index (κ1) is 28.2. The zero-order chi connectivity index (χ0) is 25.9. The molecule has 3 atom stereocenters. The molecule has 3 nitrogen and oxygen atoms in total. The molecule has 0 spiro atoms. The number of carbonyl (C=O) groups excluding carboxylic acids is 1. The van der Waals surface area contributed by atoms with Gasteiger partial charge in [-0.05, 0) is 54.8 Å². The molecule has 2 rings (SSSR count). The second kappa shape index (κ2) is 10.7. The summed E-state index contributed by atoms with van der Waals surface area (Å²) in [4.78, 5) is 13.8. The standard InChI is InChI=1S/C25H33F6NO2/c1-16(23(2,3)4)20(10-12-24(26,27)28)32-13-11-17(15-22(33)34-5)14-21(32)18-6-8-19(9-7-18)25(29,30)31/h6-9,17,20-21H,1,10-15H2,2-5H3. The van der Waals surface area contributed by atoms with E-state index in [0.717, 1.165) is 12.1 Å². The lowest BCUT2D eigenvalue weighted by atomic mass is 9.77. The average Bonchev–Trinajstić information content (AvgIpc) is 2.72. The quantitative estimate of drug-likeness (QED) is 0.226. The van der Waals surface area contributed by atoms with Gasteiger partial charge in [-0.25, -0.2) is 0 Å². The Kier molecular flexibility index (Phi) is 8.88. The van der Waals surface area contributed by atoms with Crippen molar-refractivity contribution in [3.8, 4) is 0 Å². The van der Waals surface area contributed by atoms with Crippen LogP contribution in [-0.4, -0.2) is 36.7 Å². The van der Waals surface area contributed by atoms with Gasteiger partial charge in [0.05, 0.1) is 12.7 Å². The molecule has 0 aliphatic carbocycles. The van der Waals surface area contributed by atoms with Gasteiger partial charge < -0.3 is 4.74 Å². The smallest absolute Gasteiger partial charge is 0.416 e. The van der Waals surface area contributed by atoms with Gasteiger partial charge in [0.15, 0.2) is 0 Å². The van der Waals surface area contributed by atoms with E-state index in [0.29, 0.717) is 30.5 Å². The number of ether oxygens (including phenoxy) is 1. The van der Waals surface area contributed by atoms with E-state index in [9.17, 15) is 31.1 Å². The predicted molar refractivity (Wildman–Crippen MR) is 118 cm³/mol. The van der Waals surface area contributed by atoms with Gasteiger partial charge in [0, 0.05) is 24.9 Å². The largest absolute Gasteiger partial charge is 0.469 e. The van der Waals surface area contributed by atoms with Crippen molar-refractivity contribution in [1.82, 2.24) is 4.90 Å². The Hall–Kier alpha value is -2.03. The highest BCUT2D eigenvalue weighted by atomic mass is 19.4. The van der Waals surface area contributed by atoms with Crippen LogP contribution in [-0.2, 0) is 15.7 Å². The summed E-state index contributed by atoms with van der Waals surface area (Å²) in [5.41, 5.74) is -0.0529. The molecule has 3 unspecified atom stereocenters. The number of rotatable bonds is 7. The second-order valence-corrected chi connectivity index (χ2v) is 9.99. The molecule has 1 aromatic rings. The molecule has 1 aliphatic rings. The normalized spacial score (nSPS) is 21.2. The number of likely N-dealkylation sites (tertiary alicyclic amines) is 1. The molecule has 0 radical (unpaired) electrons. The van der Waals surface area contributed by atoms with Crippen LogP contribution in [0.25, 0.3) is 0 Å².